The number of thioether (sulfide) groups is 1. The molecule has 1 aromatic heterocycles. The number of nitrogens with zero attached hydrogens (tertiary/aromatic N) is 2. The van der Waals surface area contributed by atoms with Gasteiger partial charge in [-0.3, -0.25) is 4.68 Å². The lowest BCUT2D eigenvalue weighted by molar-refractivity contribution is 0.602. The maximum Gasteiger partial charge on any atom is 0.0593 e. The fourth-order valence-electron chi connectivity index (χ4n) is 1.99. The van der Waals surface area contributed by atoms with Crippen LogP contribution in [0, 0.1) is 0 Å². The van der Waals surface area contributed by atoms with Crippen LogP contribution in [0.1, 0.15) is 30.5 Å². The van der Waals surface area contributed by atoms with Crippen molar-refractivity contribution in [2.45, 2.75) is 30.8 Å². The molecule has 2 rings (SSSR count). The highest BCUT2D eigenvalue weighted by atomic mass is 32.2. The van der Waals surface area contributed by atoms with Crippen LogP contribution in [-0.4, -0.2) is 16.0 Å². The Morgan fingerprint density at radius 2 is 2.17 bits per heavy atom. The maximum absolute atomic E-state index is 6.34. The van der Waals surface area contributed by atoms with E-state index in [2.05, 4.69) is 30.4 Å². The summed E-state index contributed by atoms with van der Waals surface area (Å²) in [4.78, 5) is 1.23. The van der Waals surface area contributed by atoms with Crippen molar-refractivity contribution in [3.8, 4) is 0 Å². The predicted molar refractivity (Wildman–Crippen MR) is 76.8 cm³/mol. The fourth-order valence-corrected chi connectivity index (χ4v) is 2.64. The summed E-state index contributed by atoms with van der Waals surface area (Å²) in [6, 6.07) is 8.18. The van der Waals surface area contributed by atoms with Gasteiger partial charge >= 0.3 is 0 Å². The molecule has 2 aromatic rings. The molecule has 1 unspecified atom stereocenters. The Bertz CT molecular complexity index is 507. The predicted octanol–water partition coefficient (Wildman–Crippen LogP) is 3.06. The molecule has 0 saturated heterocycles. The molecule has 1 atom stereocenters. The molecule has 18 heavy (non-hydrogen) atoms. The van der Waals surface area contributed by atoms with Crippen molar-refractivity contribution < 1.29 is 0 Å². The van der Waals surface area contributed by atoms with E-state index in [1.165, 1.54) is 10.5 Å². The highest BCUT2D eigenvalue weighted by Crippen LogP contribution is 2.28. The Morgan fingerprint density at radius 1 is 1.39 bits per heavy atom. The van der Waals surface area contributed by atoms with Crippen molar-refractivity contribution in [1.29, 1.82) is 0 Å². The van der Waals surface area contributed by atoms with Gasteiger partial charge < -0.3 is 5.73 Å². The van der Waals surface area contributed by atoms with E-state index in [0.29, 0.717) is 0 Å². The monoisotopic (exact) mass is 261 g/mol. The van der Waals surface area contributed by atoms with Crippen molar-refractivity contribution in [3.63, 3.8) is 0 Å². The van der Waals surface area contributed by atoms with Crippen LogP contribution < -0.4 is 5.73 Å². The zero-order valence-electron chi connectivity index (χ0n) is 10.8. The van der Waals surface area contributed by atoms with Crippen molar-refractivity contribution in [2.24, 2.45) is 5.73 Å². The molecule has 0 aliphatic heterocycles. The van der Waals surface area contributed by atoms with Gasteiger partial charge in [0.1, 0.15) is 0 Å². The minimum absolute atomic E-state index is 0.0979. The first kappa shape index (κ1) is 13.2. The van der Waals surface area contributed by atoms with Crippen molar-refractivity contribution >= 4 is 11.8 Å². The smallest absolute Gasteiger partial charge is 0.0593 e. The summed E-state index contributed by atoms with van der Waals surface area (Å²) < 4.78 is 1.96. The SMILES string of the molecule is CCCn1cc(C(N)c2ccccc2SC)cn1. The molecule has 3 nitrogen and oxygen atoms in total. The Labute approximate surface area is 112 Å². The molecule has 2 N–H and O–H groups in total. The van der Waals surface area contributed by atoms with Gasteiger partial charge in [-0.25, -0.2) is 0 Å². The van der Waals surface area contributed by atoms with E-state index in [9.17, 15) is 0 Å². The molecule has 0 saturated carbocycles. The van der Waals surface area contributed by atoms with Crippen molar-refractivity contribution in [3.05, 3.63) is 47.8 Å². The van der Waals surface area contributed by atoms with Crippen LogP contribution in [-0.2, 0) is 6.54 Å². The average molecular weight is 261 g/mol. The van der Waals surface area contributed by atoms with Crippen molar-refractivity contribution in [1.82, 2.24) is 9.78 Å². The first-order valence-corrected chi connectivity index (χ1v) is 7.39. The Kier molecular flexibility index (Phi) is 4.44. The van der Waals surface area contributed by atoms with E-state index in [-0.39, 0.29) is 6.04 Å². The number of hydrogen-bond donors (Lipinski definition) is 1. The van der Waals surface area contributed by atoms with Crippen LogP contribution in [0.15, 0.2) is 41.6 Å². The lowest BCUT2D eigenvalue weighted by Crippen LogP contribution is -2.12. The largest absolute Gasteiger partial charge is 0.320 e. The number of benzene rings is 1. The molecule has 0 radical (unpaired) electrons. The third-order valence-electron chi connectivity index (χ3n) is 2.94. The van der Waals surface area contributed by atoms with Crippen LogP contribution in [0.2, 0.25) is 0 Å². The summed E-state index contributed by atoms with van der Waals surface area (Å²) in [6.07, 6.45) is 7.08. The van der Waals surface area contributed by atoms with Crippen LogP contribution in [0.5, 0.6) is 0 Å². The molecular formula is C14H19N3S. The van der Waals surface area contributed by atoms with Gasteiger partial charge in [-0.05, 0) is 24.3 Å². The second kappa shape index (κ2) is 6.07. The van der Waals surface area contributed by atoms with E-state index >= 15 is 0 Å². The molecule has 96 valence electrons. The first-order valence-electron chi connectivity index (χ1n) is 6.17. The standard InChI is InChI=1S/C14H19N3S/c1-3-8-17-10-11(9-16-17)14(15)12-6-4-5-7-13(12)18-2/h4-7,9-10,14H,3,8,15H2,1-2H3. The Hall–Kier alpha value is -1.26. The molecule has 0 bridgehead atoms. The molecular weight excluding hydrogens is 242 g/mol. The summed E-state index contributed by atoms with van der Waals surface area (Å²) in [5, 5.41) is 4.34. The number of aromatic nitrogens is 2. The van der Waals surface area contributed by atoms with Gasteiger partial charge in [0.2, 0.25) is 0 Å². The maximum atomic E-state index is 6.34. The van der Waals surface area contributed by atoms with Gasteiger partial charge in [0, 0.05) is 23.2 Å². The van der Waals surface area contributed by atoms with Crippen LogP contribution in [0.3, 0.4) is 0 Å². The molecule has 0 spiro atoms. The third-order valence-corrected chi connectivity index (χ3v) is 3.75. The lowest BCUT2D eigenvalue weighted by Gasteiger charge is -2.13. The van der Waals surface area contributed by atoms with Crippen LogP contribution >= 0.6 is 11.8 Å². The summed E-state index contributed by atoms with van der Waals surface area (Å²) >= 11 is 1.73. The minimum atomic E-state index is -0.0979. The number of rotatable bonds is 5. The Morgan fingerprint density at radius 3 is 2.89 bits per heavy atom. The van der Waals surface area contributed by atoms with Gasteiger partial charge in [-0.15, -0.1) is 11.8 Å². The average Bonchev–Trinajstić information content (AvgIpc) is 2.87. The summed E-state index contributed by atoms with van der Waals surface area (Å²) in [7, 11) is 0. The highest BCUT2D eigenvalue weighted by Gasteiger charge is 2.14. The molecule has 4 heteroatoms. The van der Waals surface area contributed by atoms with Crippen LogP contribution in [0.25, 0.3) is 0 Å². The van der Waals surface area contributed by atoms with Gasteiger partial charge in [-0.1, -0.05) is 25.1 Å². The fraction of sp³-hybridized carbons (Fsp3) is 0.357. The van der Waals surface area contributed by atoms with Gasteiger partial charge in [0.25, 0.3) is 0 Å². The second-order valence-electron chi connectivity index (χ2n) is 4.26. The summed E-state index contributed by atoms with van der Waals surface area (Å²) in [5.74, 6) is 0. The second-order valence-corrected chi connectivity index (χ2v) is 5.10. The molecule has 0 aliphatic rings. The summed E-state index contributed by atoms with van der Waals surface area (Å²) in [5.41, 5.74) is 8.58. The zero-order chi connectivity index (χ0) is 13.0. The van der Waals surface area contributed by atoms with Crippen molar-refractivity contribution in [2.75, 3.05) is 6.26 Å². The summed E-state index contributed by atoms with van der Waals surface area (Å²) in [6.45, 7) is 3.08. The lowest BCUT2D eigenvalue weighted by atomic mass is 10.0. The Balaban J connectivity index is 2.26. The topological polar surface area (TPSA) is 43.8 Å². The van der Waals surface area contributed by atoms with E-state index < -0.39 is 0 Å². The molecule has 0 fully saturated rings. The zero-order valence-corrected chi connectivity index (χ0v) is 11.7. The number of nitrogens with two attached hydrogens (primary N) is 1. The molecule has 0 aliphatic carbocycles. The highest BCUT2D eigenvalue weighted by molar-refractivity contribution is 7.98. The van der Waals surface area contributed by atoms with Gasteiger partial charge in [-0.2, -0.15) is 5.10 Å². The molecule has 1 heterocycles. The normalized spacial score (nSPS) is 12.6. The minimum Gasteiger partial charge on any atom is -0.320 e. The van der Waals surface area contributed by atoms with E-state index in [0.717, 1.165) is 18.5 Å². The number of aryl methyl sites for hydroxylation is 1. The van der Waals surface area contributed by atoms with Gasteiger partial charge in [0.15, 0.2) is 0 Å². The van der Waals surface area contributed by atoms with E-state index in [1.807, 2.05) is 29.2 Å². The first-order chi connectivity index (χ1) is 8.76. The molecule has 1 aromatic carbocycles. The molecule has 0 amide bonds. The van der Waals surface area contributed by atoms with Crippen LogP contribution in [0.4, 0.5) is 0 Å². The van der Waals surface area contributed by atoms with E-state index in [1.54, 1.807) is 11.8 Å². The number of hydrogen-bond acceptors (Lipinski definition) is 3. The third kappa shape index (κ3) is 2.76. The quantitative estimate of drug-likeness (QED) is 0.841. The van der Waals surface area contributed by atoms with Gasteiger partial charge in [0.05, 0.1) is 12.2 Å². The van der Waals surface area contributed by atoms with E-state index in [4.69, 9.17) is 5.73 Å².